The maximum absolute atomic E-state index is 13.3. The Hall–Kier alpha value is -2.44. The lowest BCUT2D eigenvalue weighted by atomic mass is 10.3. The molecule has 0 spiro atoms. The van der Waals surface area contributed by atoms with Gasteiger partial charge in [0.05, 0.1) is 18.1 Å². The zero-order valence-corrected chi connectivity index (χ0v) is 10.8. The van der Waals surface area contributed by atoms with E-state index in [0.717, 1.165) is 12.1 Å². The summed E-state index contributed by atoms with van der Waals surface area (Å²) in [7, 11) is 0. The van der Waals surface area contributed by atoms with E-state index in [9.17, 15) is 13.6 Å². The molecule has 20 heavy (non-hydrogen) atoms. The minimum atomic E-state index is -0.836. The van der Waals surface area contributed by atoms with Gasteiger partial charge in [-0.05, 0) is 19.1 Å². The van der Waals surface area contributed by atoms with Crippen LogP contribution >= 0.6 is 0 Å². The molecule has 0 atom stereocenters. The van der Waals surface area contributed by atoms with E-state index in [-0.39, 0.29) is 12.3 Å². The monoisotopic (exact) mass is 281 g/mol. The smallest absolute Gasteiger partial charge is 0.262 e. The number of ether oxygens (including phenoxy) is 1. The molecule has 0 saturated carbocycles. The Balaban J connectivity index is 1.89. The molecule has 0 fully saturated rings. The van der Waals surface area contributed by atoms with Crippen LogP contribution in [-0.2, 0) is 11.3 Å². The maximum Gasteiger partial charge on any atom is 0.262 e. The molecule has 0 aliphatic rings. The van der Waals surface area contributed by atoms with Crippen LogP contribution in [0.2, 0.25) is 0 Å². The molecule has 1 aromatic carbocycles. The second-order valence-corrected chi connectivity index (χ2v) is 3.99. The third-order valence-corrected chi connectivity index (χ3v) is 2.51. The van der Waals surface area contributed by atoms with E-state index in [0.29, 0.717) is 18.4 Å². The number of aromatic nitrogens is 2. The van der Waals surface area contributed by atoms with Crippen LogP contribution in [0.1, 0.15) is 6.92 Å². The topological polar surface area (TPSA) is 56.1 Å². The fourth-order valence-electron chi connectivity index (χ4n) is 1.52. The summed E-state index contributed by atoms with van der Waals surface area (Å²) in [6.07, 6.45) is 3.13. The Labute approximate surface area is 114 Å². The minimum absolute atomic E-state index is 0.0933. The van der Waals surface area contributed by atoms with Crippen LogP contribution in [0.3, 0.4) is 0 Å². The van der Waals surface area contributed by atoms with Crippen LogP contribution in [0.4, 0.5) is 14.5 Å². The molecule has 1 heterocycles. The third kappa shape index (κ3) is 3.53. The van der Waals surface area contributed by atoms with Crippen molar-refractivity contribution in [3.05, 3.63) is 42.2 Å². The van der Waals surface area contributed by atoms with Gasteiger partial charge in [-0.1, -0.05) is 0 Å². The van der Waals surface area contributed by atoms with E-state index in [2.05, 4.69) is 10.4 Å². The number of aryl methyl sites for hydroxylation is 1. The molecule has 0 unspecified atom stereocenters. The summed E-state index contributed by atoms with van der Waals surface area (Å²) in [6, 6.07) is 2.91. The van der Waals surface area contributed by atoms with Gasteiger partial charge >= 0.3 is 0 Å². The van der Waals surface area contributed by atoms with E-state index in [1.54, 1.807) is 10.9 Å². The van der Waals surface area contributed by atoms with E-state index in [4.69, 9.17) is 4.74 Å². The zero-order valence-electron chi connectivity index (χ0n) is 10.8. The highest BCUT2D eigenvalue weighted by Crippen LogP contribution is 2.15. The van der Waals surface area contributed by atoms with Gasteiger partial charge in [0.25, 0.3) is 5.91 Å². The van der Waals surface area contributed by atoms with Crippen molar-refractivity contribution in [2.24, 2.45) is 0 Å². The molecule has 2 aromatic rings. The van der Waals surface area contributed by atoms with E-state index in [1.807, 2.05) is 6.92 Å². The van der Waals surface area contributed by atoms with Crippen molar-refractivity contribution >= 4 is 11.6 Å². The van der Waals surface area contributed by atoms with Gasteiger partial charge in [0, 0.05) is 12.6 Å². The lowest BCUT2D eigenvalue weighted by Crippen LogP contribution is -2.20. The second-order valence-electron chi connectivity index (χ2n) is 3.99. The van der Waals surface area contributed by atoms with Crippen molar-refractivity contribution in [1.82, 2.24) is 9.78 Å². The minimum Gasteiger partial charge on any atom is -0.480 e. The van der Waals surface area contributed by atoms with Crippen molar-refractivity contribution in [1.29, 1.82) is 0 Å². The lowest BCUT2D eigenvalue weighted by Gasteiger charge is -2.06. The van der Waals surface area contributed by atoms with Gasteiger partial charge in [-0.3, -0.25) is 9.48 Å². The Morgan fingerprint density at radius 2 is 2.25 bits per heavy atom. The number of amides is 1. The highest BCUT2D eigenvalue weighted by molar-refractivity contribution is 5.91. The van der Waals surface area contributed by atoms with Gasteiger partial charge in [-0.2, -0.15) is 5.10 Å². The van der Waals surface area contributed by atoms with Crippen LogP contribution in [0, 0.1) is 11.6 Å². The normalized spacial score (nSPS) is 10.3. The summed E-state index contributed by atoms with van der Waals surface area (Å²) in [5, 5.41) is 6.27. The van der Waals surface area contributed by atoms with Crippen LogP contribution in [-0.4, -0.2) is 22.3 Å². The molecule has 0 bridgehead atoms. The predicted octanol–water partition coefficient (Wildman–Crippen LogP) is 2.20. The average Bonchev–Trinajstić information content (AvgIpc) is 2.88. The molecule has 0 aliphatic heterocycles. The van der Waals surface area contributed by atoms with E-state index < -0.39 is 17.5 Å². The standard InChI is InChI=1S/C13H13F2N3O2/c1-2-18-7-10(6-16-18)20-8-13(19)17-12-4-3-9(14)5-11(12)15/h3-7H,2,8H2,1H3,(H,17,19). The molecule has 106 valence electrons. The van der Waals surface area contributed by atoms with Gasteiger partial charge in [0.15, 0.2) is 12.4 Å². The van der Waals surface area contributed by atoms with Gasteiger partial charge in [-0.15, -0.1) is 0 Å². The fraction of sp³-hybridized carbons (Fsp3) is 0.231. The predicted molar refractivity (Wildman–Crippen MR) is 68.4 cm³/mol. The number of benzene rings is 1. The number of halogens is 2. The number of nitrogens with one attached hydrogen (secondary N) is 1. The van der Waals surface area contributed by atoms with Gasteiger partial charge in [0.1, 0.15) is 11.6 Å². The molecule has 2 rings (SSSR count). The van der Waals surface area contributed by atoms with E-state index in [1.165, 1.54) is 6.20 Å². The molecule has 7 heteroatoms. The van der Waals surface area contributed by atoms with Crippen molar-refractivity contribution < 1.29 is 18.3 Å². The van der Waals surface area contributed by atoms with E-state index >= 15 is 0 Å². The van der Waals surface area contributed by atoms with Crippen LogP contribution in [0.25, 0.3) is 0 Å². The highest BCUT2D eigenvalue weighted by Gasteiger charge is 2.09. The zero-order chi connectivity index (χ0) is 14.5. The largest absolute Gasteiger partial charge is 0.480 e. The van der Waals surface area contributed by atoms with Crippen molar-refractivity contribution in [3.63, 3.8) is 0 Å². The number of nitrogens with zero attached hydrogens (tertiary/aromatic N) is 2. The first-order valence-electron chi connectivity index (χ1n) is 5.98. The number of hydrogen-bond acceptors (Lipinski definition) is 3. The highest BCUT2D eigenvalue weighted by atomic mass is 19.1. The number of carbonyl (C=O) groups is 1. The number of anilines is 1. The summed E-state index contributed by atoms with van der Waals surface area (Å²) in [6.45, 7) is 2.32. The van der Waals surface area contributed by atoms with Crippen molar-refractivity contribution in [3.8, 4) is 5.75 Å². The second kappa shape index (κ2) is 6.14. The molecule has 0 saturated heterocycles. The molecule has 1 N–H and O–H groups in total. The van der Waals surface area contributed by atoms with Crippen LogP contribution < -0.4 is 10.1 Å². The summed E-state index contributed by atoms with van der Waals surface area (Å²) in [4.78, 5) is 11.6. The van der Waals surface area contributed by atoms with Gasteiger partial charge in [0.2, 0.25) is 0 Å². The Bertz CT molecular complexity index is 613. The first-order chi connectivity index (χ1) is 9.58. The number of hydrogen-bond donors (Lipinski definition) is 1. The van der Waals surface area contributed by atoms with Crippen LogP contribution in [0.5, 0.6) is 5.75 Å². The first kappa shape index (κ1) is 14.0. The Morgan fingerprint density at radius 1 is 1.45 bits per heavy atom. The summed E-state index contributed by atoms with van der Waals surface area (Å²) < 4.78 is 32.9. The lowest BCUT2D eigenvalue weighted by molar-refractivity contribution is -0.118. The fourth-order valence-corrected chi connectivity index (χ4v) is 1.52. The SMILES string of the molecule is CCn1cc(OCC(=O)Nc2ccc(F)cc2F)cn1. The quantitative estimate of drug-likeness (QED) is 0.914. The van der Waals surface area contributed by atoms with Gasteiger partial charge in [-0.25, -0.2) is 8.78 Å². The first-order valence-corrected chi connectivity index (χ1v) is 5.98. The molecule has 5 nitrogen and oxygen atoms in total. The number of rotatable bonds is 5. The molecule has 0 aliphatic carbocycles. The molecular weight excluding hydrogens is 268 g/mol. The third-order valence-electron chi connectivity index (χ3n) is 2.51. The molecule has 1 amide bonds. The average molecular weight is 281 g/mol. The molecule has 0 radical (unpaired) electrons. The summed E-state index contributed by atoms with van der Waals surface area (Å²) in [5.74, 6) is -1.64. The van der Waals surface area contributed by atoms with Crippen LogP contribution in [0.15, 0.2) is 30.6 Å². The maximum atomic E-state index is 13.3. The molecular formula is C13H13F2N3O2. The Kier molecular flexibility index (Phi) is 4.29. The summed E-state index contributed by atoms with van der Waals surface area (Å²) in [5.41, 5.74) is -0.0933. The number of carbonyl (C=O) groups excluding carboxylic acids is 1. The Morgan fingerprint density at radius 3 is 2.90 bits per heavy atom. The van der Waals surface area contributed by atoms with Gasteiger partial charge < -0.3 is 10.1 Å². The van der Waals surface area contributed by atoms with Crippen molar-refractivity contribution in [2.45, 2.75) is 13.5 Å². The molecule has 1 aromatic heterocycles. The van der Waals surface area contributed by atoms with Crippen molar-refractivity contribution in [2.75, 3.05) is 11.9 Å². The summed E-state index contributed by atoms with van der Waals surface area (Å²) >= 11 is 0.